The summed E-state index contributed by atoms with van der Waals surface area (Å²) in [6.07, 6.45) is 0. The summed E-state index contributed by atoms with van der Waals surface area (Å²) in [5.41, 5.74) is 0.628. The van der Waals surface area contributed by atoms with E-state index in [0.717, 1.165) is 4.88 Å². The molecule has 162 valence electrons. The van der Waals surface area contributed by atoms with Crippen molar-refractivity contribution in [3.05, 3.63) is 53.4 Å². The first-order valence-corrected chi connectivity index (χ1v) is 11.0. The van der Waals surface area contributed by atoms with Crippen LogP contribution in [0.5, 0.6) is 0 Å². The van der Waals surface area contributed by atoms with Gasteiger partial charge in [0.25, 0.3) is 5.91 Å². The highest BCUT2D eigenvalue weighted by molar-refractivity contribution is 7.13. The lowest BCUT2D eigenvalue weighted by Crippen LogP contribution is -2.51. The molecule has 3 aromatic rings. The molecular formula is C21H23FN6O2S. The quantitative estimate of drug-likeness (QED) is 0.632. The molecule has 0 spiro atoms. The van der Waals surface area contributed by atoms with Crippen LogP contribution in [0.15, 0.2) is 41.8 Å². The summed E-state index contributed by atoms with van der Waals surface area (Å²) in [5, 5.41) is 9.17. The normalized spacial score (nSPS) is 14.6. The average molecular weight is 443 g/mol. The number of carbonyl (C=O) groups is 2. The van der Waals surface area contributed by atoms with Gasteiger partial charge in [-0.1, -0.05) is 6.07 Å². The number of nitrogens with one attached hydrogen (secondary N) is 1. The molecule has 2 aromatic heterocycles. The summed E-state index contributed by atoms with van der Waals surface area (Å²) >= 11 is 1.49. The minimum Gasteiger partial charge on any atom is -0.355 e. The van der Waals surface area contributed by atoms with Gasteiger partial charge in [0.15, 0.2) is 5.82 Å². The van der Waals surface area contributed by atoms with Gasteiger partial charge in [0.05, 0.1) is 17.1 Å². The van der Waals surface area contributed by atoms with E-state index >= 15 is 0 Å². The number of nitrogens with zero attached hydrogens (tertiary/aromatic N) is 5. The Morgan fingerprint density at radius 3 is 2.52 bits per heavy atom. The number of hydrogen-bond acceptors (Lipinski definition) is 6. The maximum Gasteiger partial charge on any atom is 0.293 e. The number of thiophene rings is 1. The molecule has 3 heterocycles. The lowest BCUT2D eigenvalue weighted by molar-refractivity contribution is -0.122. The molecule has 1 fully saturated rings. The number of carbonyl (C=O) groups excluding carboxylic acids is 2. The third-order valence-electron chi connectivity index (χ3n) is 5.01. The van der Waals surface area contributed by atoms with E-state index in [0.29, 0.717) is 50.8 Å². The molecule has 0 aliphatic carbocycles. The third-order valence-corrected chi connectivity index (χ3v) is 5.88. The van der Waals surface area contributed by atoms with Crippen LogP contribution in [0.1, 0.15) is 17.5 Å². The van der Waals surface area contributed by atoms with Crippen LogP contribution in [0.25, 0.3) is 16.4 Å². The van der Waals surface area contributed by atoms with Gasteiger partial charge in [0, 0.05) is 32.7 Å². The second-order valence-electron chi connectivity index (χ2n) is 7.15. The molecule has 4 rings (SSSR count). The number of piperazine rings is 1. The summed E-state index contributed by atoms with van der Waals surface area (Å²) < 4.78 is 14.9. The molecule has 0 unspecified atom stereocenters. The molecule has 1 aliphatic heterocycles. The highest BCUT2D eigenvalue weighted by Gasteiger charge is 2.27. The van der Waals surface area contributed by atoms with Gasteiger partial charge in [-0.3, -0.25) is 14.5 Å². The van der Waals surface area contributed by atoms with Crippen LogP contribution in [-0.2, 0) is 4.79 Å². The number of likely N-dealkylation sites (N-methyl/N-ethyl adjacent to an activating group) is 1. The standard InChI is InChI=1S/C21H23FN6O2S/c1-2-23-18(29)14-26-9-11-27(12-10-26)21(30)19-24-20(17-4-3-13-31-17)28(25-19)16-7-5-15(22)6-8-16/h3-8,13H,2,9-12,14H2,1H3,(H,23,29). The number of halogens is 1. The highest BCUT2D eigenvalue weighted by Crippen LogP contribution is 2.26. The van der Waals surface area contributed by atoms with Crippen LogP contribution in [0.2, 0.25) is 0 Å². The molecule has 1 N–H and O–H groups in total. The van der Waals surface area contributed by atoms with Crippen LogP contribution < -0.4 is 5.32 Å². The molecule has 1 aliphatic rings. The minimum atomic E-state index is -0.344. The SMILES string of the molecule is CCNC(=O)CN1CCN(C(=O)c2nc(-c3cccs3)n(-c3ccc(F)cc3)n2)CC1. The van der Waals surface area contributed by atoms with Crippen molar-refractivity contribution in [2.24, 2.45) is 0 Å². The zero-order valence-electron chi connectivity index (χ0n) is 17.1. The Bertz CT molecular complexity index is 1040. The Labute approximate surface area is 183 Å². The molecule has 10 heteroatoms. The molecular weight excluding hydrogens is 419 g/mol. The topological polar surface area (TPSA) is 83.4 Å². The van der Waals surface area contributed by atoms with Gasteiger partial charge in [-0.05, 0) is 42.6 Å². The van der Waals surface area contributed by atoms with Crippen molar-refractivity contribution < 1.29 is 14.0 Å². The molecule has 1 aromatic carbocycles. The molecule has 31 heavy (non-hydrogen) atoms. The number of benzene rings is 1. The van der Waals surface area contributed by atoms with E-state index < -0.39 is 0 Å². The Balaban J connectivity index is 1.52. The van der Waals surface area contributed by atoms with Crippen molar-refractivity contribution in [1.29, 1.82) is 0 Å². The fraction of sp³-hybridized carbons (Fsp3) is 0.333. The van der Waals surface area contributed by atoms with E-state index in [4.69, 9.17) is 0 Å². The Kier molecular flexibility index (Phi) is 6.38. The van der Waals surface area contributed by atoms with Gasteiger partial charge in [0.2, 0.25) is 11.7 Å². The van der Waals surface area contributed by atoms with Crippen molar-refractivity contribution in [2.45, 2.75) is 6.92 Å². The molecule has 0 bridgehead atoms. The summed E-state index contributed by atoms with van der Waals surface area (Å²) in [5.74, 6) is 0.0342. The van der Waals surface area contributed by atoms with E-state index in [9.17, 15) is 14.0 Å². The van der Waals surface area contributed by atoms with E-state index in [2.05, 4.69) is 15.4 Å². The van der Waals surface area contributed by atoms with E-state index in [1.54, 1.807) is 21.7 Å². The Morgan fingerprint density at radius 1 is 1.13 bits per heavy atom. The zero-order valence-corrected chi connectivity index (χ0v) is 17.9. The molecule has 1 saturated heterocycles. The molecule has 0 atom stereocenters. The van der Waals surface area contributed by atoms with Crippen molar-refractivity contribution in [1.82, 2.24) is 29.9 Å². The summed E-state index contributed by atoms with van der Waals surface area (Å²) in [6.45, 7) is 5.03. The van der Waals surface area contributed by atoms with Gasteiger partial charge in [-0.15, -0.1) is 16.4 Å². The van der Waals surface area contributed by atoms with Crippen LogP contribution in [-0.4, -0.2) is 75.6 Å². The van der Waals surface area contributed by atoms with E-state index in [1.165, 1.54) is 23.5 Å². The number of aromatic nitrogens is 3. The van der Waals surface area contributed by atoms with Gasteiger partial charge in [-0.2, -0.15) is 0 Å². The Hall–Kier alpha value is -3.11. The lowest BCUT2D eigenvalue weighted by Gasteiger charge is -2.33. The number of amides is 2. The van der Waals surface area contributed by atoms with Crippen molar-refractivity contribution in [3.8, 4) is 16.4 Å². The van der Waals surface area contributed by atoms with Crippen LogP contribution >= 0.6 is 11.3 Å². The smallest absolute Gasteiger partial charge is 0.293 e. The highest BCUT2D eigenvalue weighted by atomic mass is 32.1. The fourth-order valence-corrected chi connectivity index (χ4v) is 4.14. The van der Waals surface area contributed by atoms with E-state index in [1.807, 2.05) is 29.3 Å². The maximum absolute atomic E-state index is 13.4. The first-order valence-electron chi connectivity index (χ1n) is 10.1. The molecule has 0 radical (unpaired) electrons. The van der Waals surface area contributed by atoms with E-state index in [-0.39, 0.29) is 23.5 Å². The fourth-order valence-electron chi connectivity index (χ4n) is 3.44. The zero-order chi connectivity index (χ0) is 21.8. The predicted octanol–water partition coefficient (Wildman–Crippen LogP) is 2.03. The van der Waals surface area contributed by atoms with Crippen LogP contribution in [0, 0.1) is 5.82 Å². The van der Waals surface area contributed by atoms with Crippen LogP contribution in [0.4, 0.5) is 4.39 Å². The lowest BCUT2D eigenvalue weighted by atomic mass is 10.3. The van der Waals surface area contributed by atoms with Crippen molar-refractivity contribution in [2.75, 3.05) is 39.3 Å². The largest absolute Gasteiger partial charge is 0.355 e. The number of rotatable bonds is 6. The van der Waals surface area contributed by atoms with Crippen LogP contribution in [0.3, 0.4) is 0 Å². The number of hydrogen-bond donors (Lipinski definition) is 1. The average Bonchev–Trinajstić information content (AvgIpc) is 3.44. The predicted molar refractivity (Wildman–Crippen MR) is 116 cm³/mol. The van der Waals surface area contributed by atoms with Gasteiger partial charge in [-0.25, -0.2) is 14.1 Å². The summed E-state index contributed by atoms with van der Waals surface area (Å²) in [6, 6.07) is 9.72. The first kappa shape index (κ1) is 21.1. The maximum atomic E-state index is 13.4. The minimum absolute atomic E-state index is 0.0115. The molecule has 8 nitrogen and oxygen atoms in total. The van der Waals surface area contributed by atoms with Gasteiger partial charge in [0.1, 0.15) is 5.82 Å². The second kappa shape index (κ2) is 9.36. The van der Waals surface area contributed by atoms with Gasteiger partial charge < -0.3 is 10.2 Å². The monoisotopic (exact) mass is 442 g/mol. The van der Waals surface area contributed by atoms with Gasteiger partial charge >= 0.3 is 0 Å². The third kappa shape index (κ3) is 4.80. The first-order chi connectivity index (χ1) is 15.0. The Morgan fingerprint density at radius 2 is 1.87 bits per heavy atom. The summed E-state index contributed by atoms with van der Waals surface area (Å²) in [4.78, 5) is 34.0. The van der Waals surface area contributed by atoms with Crippen molar-refractivity contribution in [3.63, 3.8) is 0 Å². The molecule has 2 amide bonds. The van der Waals surface area contributed by atoms with Crippen molar-refractivity contribution >= 4 is 23.2 Å². The second-order valence-corrected chi connectivity index (χ2v) is 8.09. The molecule has 0 saturated carbocycles. The summed E-state index contributed by atoms with van der Waals surface area (Å²) in [7, 11) is 0.